The monoisotopic (exact) mass is 243 g/mol. The zero-order chi connectivity index (χ0) is 3.58. The number of hydrogen-bond donors (Lipinski definition) is 1. The van der Waals surface area contributed by atoms with E-state index < -0.39 is 5.09 Å². The van der Waals surface area contributed by atoms with Crippen molar-refractivity contribution >= 4 is 100 Å². The Hall–Kier alpha value is 2.41. The summed E-state index contributed by atoms with van der Waals surface area (Å²) in [6, 6.07) is 0. The summed E-state index contributed by atoms with van der Waals surface area (Å²) >= 11 is 0. The van der Waals surface area contributed by atoms with Gasteiger partial charge in [0.1, 0.15) is 0 Å². The van der Waals surface area contributed by atoms with Gasteiger partial charge in [0, 0.05) is 0 Å². The van der Waals surface area contributed by atoms with Crippen molar-refractivity contribution in [2.24, 2.45) is 0 Å². The Kier molecular flexibility index (Phi) is 27.3. The molecule has 0 aromatic heterocycles. The van der Waals surface area contributed by atoms with E-state index in [0.717, 1.165) is 0 Å². The summed E-state index contributed by atoms with van der Waals surface area (Å²) in [6.07, 6.45) is 0. The molecule has 0 rings (SSSR count). The molecule has 0 atom stereocenters. The van der Waals surface area contributed by atoms with Crippen LogP contribution in [-0.2, 0) is 0 Å². The molecular weight excluding hydrogens is 238 g/mol. The van der Waals surface area contributed by atoms with Crippen LogP contribution in [0.4, 0.5) is 0 Å². The van der Waals surface area contributed by atoms with E-state index in [0.29, 0.717) is 0 Å². The second kappa shape index (κ2) is 10.4. The van der Waals surface area contributed by atoms with Crippen molar-refractivity contribution in [3.8, 4) is 0 Å². The van der Waals surface area contributed by atoms with Gasteiger partial charge in [-0.1, -0.05) is 0 Å². The van der Waals surface area contributed by atoms with E-state index in [-0.39, 0.29) is 100 Å². The van der Waals surface area contributed by atoms with Crippen molar-refractivity contribution in [3.63, 3.8) is 0 Å². The Morgan fingerprint density at radius 2 is 1.67 bits per heavy atom. The minimum atomic E-state index is -1.50. The van der Waals surface area contributed by atoms with Gasteiger partial charge in [-0.25, -0.2) is 0 Å². The van der Waals surface area contributed by atoms with Gasteiger partial charge in [-0.3, -0.25) is 0 Å². The molecule has 0 aromatic carbocycles. The summed E-state index contributed by atoms with van der Waals surface area (Å²) < 4.78 is 0. The zero-order valence-corrected chi connectivity index (χ0v) is 1.71. The first kappa shape index (κ1) is 15.8. The average Bonchev–Trinajstić information content (AvgIpc) is 0.811. The first-order valence-corrected chi connectivity index (χ1v) is 0.565. The predicted molar refractivity (Wildman–Crippen MR) is 24.5 cm³/mol. The zero-order valence-electron chi connectivity index (χ0n) is 1.71. The van der Waals surface area contributed by atoms with Crippen LogP contribution in [-0.4, -0.2) is 111 Å². The van der Waals surface area contributed by atoms with E-state index >= 15 is 0 Å². The summed E-state index contributed by atoms with van der Waals surface area (Å²) in [7, 11) is 0. The van der Waals surface area contributed by atoms with Crippen LogP contribution in [0.2, 0.25) is 0 Å². The molecular formula is H4BaKNO3. The summed E-state index contributed by atoms with van der Waals surface area (Å²) in [6.45, 7) is 0. The fourth-order valence-electron chi connectivity index (χ4n) is 0. The molecule has 0 saturated heterocycles. The molecule has 0 aliphatic carbocycles. The van der Waals surface area contributed by atoms with Crippen LogP contribution in [0, 0.1) is 10.1 Å². The standard InChI is InChI=1S/Ba.K.HNO3.3H/c;;2-1(3)4;;;/h;;(H,2,3,4);;;. The second-order valence-electron chi connectivity index (χ2n) is 0.238. The second-order valence-corrected chi connectivity index (χ2v) is 0.238. The van der Waals surface area contributed by atoms with E-state index in [1.54, 1.807) is 0 Å². The van der Waals surface area contributed by atoms with E-state index in [4.69, 9.17) is 15.3 Å². The van der Waals surface area contributed by atoms with E-state index in [1.165, 1.54) is 0 Å². The molecule has 0 heterocycles. The van der Waals surface area contributed by atoms with Gasteiger partial charge in [-0.05, 0) is 0 Å². The molecule has 6 heteroatoms. The maximum atomic E-state index is 8.36. The Bertz CT molecular complexity index is 33.8. The molecule has 0 radical (unpaired) electrons. The third kappa shape index (κ3) is 32.3. The Morgan fingerprint density at radius 3 is 1.67 bits per heavy atom. The predicted octanol–water partition coefficient (Wildman–Crippen LogP) is -1.91. The van der Waals surface area contributed by atoms with Gasteiger partial charge in [0.15, 0.2) is 0 Å². The fraction of sp³-hybridized carbons (Fsp3) is 0. The van der Waals surface area contributed by atoms with Gasteiger partial charge >= 0.3 is 100 Å². The average molecular weight is 242 g/mol. The van der Waals surface area contributed by atoms with Crippen molar-refractivity contribution in [2.45, 2.75) is 0 Å². The van der Waals surface area contributed by atoms with Gasteiger partial charge in [-0.15, -0.1) is 10.1 Å². The normalized spacial score (nSPS) is 4.00. The molecule has 6 heavy (non-hydrogen) atoms. The first-order valence-electron chi connectivity index (χ1n) is 0.565. The molecule has 30 valence electrons. The molecule has 0 aliphatic heterocycles. The Labute approximate surface area is 117 Å². The molecule has 0 aliphatic rings. The van der Waals surface area contributed by atoms with Gasteiger partial charge in [0.2, 0.25) is 0 Å². The van der Waals surface area contributed by atoms with Gasteiger partial charge in [0.25, 0.3) is 5.09 Å². The molecule has 0 aromatic rings. The van der Waals surface area contributed by atoms with Crippen LogP contribution in [0.25, 0.3) is 0 Å². The number of hydrogen-bond acceptors (Lipinski definition) is 2. The molecule has 0 unspecified atom stereocenters. The van der Waals surface area contributed by atoms with Crippen molar-refractivity contribution < 1.29 is 10.3 Å². The molecule has 0 spiro atoms. The van der Waals surface area contributed by atoms with Crippen LogP contribution in [0.1, 0.15) is 0 Å². The Balaban J connectivity index is -0.0000000450. The van der Waals surface area contributed by atoms with E-state index in [1.807, 2.05) is 0 Å². The summed E-state index contributed by atoms with van der Waals surface area (Å²) in [5, 5.41) is 13.6. The van der Waals surface area contributed by atoms with Crippen molar-refractivity contribution in [1.82, 2.24) is 0 Å². The van der Waals surface area contributed by atoms with Gasteiger partial charge in [0.05, 0.1) is 0 Å². The topological polar surface area (TPSA) is 63.4 Å². The van der Waals surface area contributed by atoms with Crippen molar-refractivity contribution in [1.29, 1.82) is 0 Å². The third-order valence-electron chi connectivity index (χ3n) is 0. The summed E-state index contributed by atoms with van der Waals surface area (Å²) in [5.74, 6) is 0. The van der Waals surface area contributed by atoms with Crippen LogP contribution in [0.5, 0.6) is 0 Å². The number of rotatable bonds is 0. The van der Waals surface area contributed by atoms with Gasteiger partial charge in [-0.2, -0.15) is 0 Å². The first-order chi connectivity index (χ1) is 1.73. The minimum absolute atomic E-state index is 0. The van der Waals surface area contributed by atoms with E-state index in [2.05, 4.69) is 0 Å². The molecule has 0 bridgehead atoms. The van der Waals surface area contributed by atoms with Gasteiger partial charge < -0.3 is 5.21 Å². The third-order valence-corrected chi connectivity index (χ3v) is 0. The molecule has 1 N–H and O–H groups in total. The van der Waals surface area contributed by atoms with E-state index in [9.17, 15) is 0 Å². The molecule has 4 nitrogen and oxygen atoms in total. The van der Waals surface area contributed by atoms with Crippen LogP contribution < -0.4 is 0 Å². The summed E-state index contributed by atoms with van der Waals surface area (Å²) in [4.78, 5) is 8.36. The molecule has 0 amide bonds. The maximum absolute atomic E-state index is 8.36. The summed E-state index contributed by atoms with van der Waals surface area (Å²) in [5.41, 5.74) is 0. The molecule has 0 fully saturated rings. The van der Waals surface area contributed by atoms with Crippen molar-refractivity contribution in [2.75, 3.05) is 0 Å². The van der Waals surface area contributed by atoms with Crippen LogP contribution in [0.15, 0.2) is 0 Å². The van der Waals surface area contributed by atoms with Crippen LogP contribution in [0.3, 0.4) is 0 Å². The Morgan fingerprint density at radius 1 is 1.67 bits per heavy atom. The quantitative estimate of drug-likeness (QED) is 0.306. The fourth-order valence-corrected chi connectivity index (χ4v) is 0. The van der Waals surface area contributed by atoms with Crippen molar-refractivity contribution in [3.05, 3.63) is 10.1 Å². The SMILES string of the molecule is O=[N+]([O-])O.[BaH2].[KH]. The van der Waals surface area contributed by atoms with Crippen LogP contribution >= 0.6 is 0 Å². The molecule has 0 saturated carbocycles. The number of nitrogens with zero attached hydrogens (tertiary/aromatic N) is 1.